The molecule has 0 unspecified atom stereocenters. The second kappa shape index (κ2) is 7.31. The highest BCUT2D eigenvalue weighted by Gasteiger charge is 2.36. The summed E-state index contributed by atoms with van der Waals surface area (Å²) in [5.74, 6) is 0.172. The van der Waals surface area contributed by atoms with Crippen molar-refractivity contribution in [3.8, 4) is 0 Å². The van der Waals surface area contributed by atoms with Gasteiger partial charge in [0, 0.05) is 6.54 Å². The van der Waals surface area contributed by atoms with Gasteiger partial charge in [-0.15, -0.1) is 11.8 Å². The number of fused-ring (bicyclic) bond motifs is 1. The van der Waals surface area contributed by atoms with Crippen LogP contribution in [-0.2, 0) is 19.1 Å². The Morgan fingerprint density at radius 2 is 2.15 bits per heavy atom. The van der Waals surface area contributed by atoms with E-state index in [1.165, 1.54) is 31.7 Å². The number of hydrogen-bond donors (Lipinski definition) is 0. The molecule has 0 aromatic carbocycles. The highest BCUT2D eigenvalue weighted by molar-refractivity contribution is 8.01. The summed E-state index contributed by atoms with van der Waals surface area (Å²) in [5, 5.41) is -0.299. The van der Waals surface area contributed by atoms with Gasteiger partial charge in [-0.3, -0.25) is 9.59 Å². The zero-order chi connectivity index (χ0) is 14.5. The van der Waals surface area contributed by atoms with E-state index in [-0.39, 0.29) is 29.3 Å². The third-order valence-electron chi connectivity index (χ3n) is 4.04. The van der Waals surface area contributed by atoms with Gasteiger partial charge < -0.3 is 14.4 Å². The molecule has 1 heterocycles. The molecule has 2 aliphatic rings. The van der Waals surface area contributed by atoms with Crippen LogP contribution in [0.4, 0.5) is 0 Å². The maximum atomic E-state index is 12.4. The van der Waals surface area contributed by atoms with Crippen LogP contribution in [-0.4, -0.2) is 60.2 Å². The number of methoxy groups -OCH3 is 1. The van der Waals surface area contributed by atoms with E-state index in [9.17, 15) is 9.59 Å². The van der Waals surface area contributed by atoms with Gasteiger partial charge in [-0.2, -0.15) is 0 Å². The first kappa shape index (κ1) is 15.6. The number of carbonyl (C=O) groups is 2. The van der Waals surface area contributed by atoms with E-state index in [0.717, 1.165) is 12.8 Å². The highest BCUT2D eigenvalue weighted by atomic mass is 32.2. The number of esters is 1. The minimum absolute atomic E-state index is 0.117. The molecule has 1 saturated carbocycles. The fourth-order valence-corrected chi connectivity index (χ4v) is 3.71. The second-order valence-electron chi connectivity index (χ2n) is 5.32. The van der Waals surface area contributed by atoms with E-state index in [4.69, 9.17) is 4.74 Å². The van der Waals surface area contributed by atoms with E-state index in [1.54, 1.807) is 6.92 Å². The molecule has 2 fully saturated rings. The molecule has 20 heavy (non-hydrogen) atoms. The molecule has 6 heteroatoms. The predicted molar refractivity (Wildman–Crippen MR) is 77.6 cm³/mol. The SMILES string of the molecule is COC(=O)[C@H](C)SCC(=O)N1CCO[C@@H]2CCCC[C@H]21. The Hall–Kier alpha value is -0.750. The Morgan fingerprint density at radius 1 is 1.40 bits per heavy atom. The quantitative estimate of drug-likeness (QED) is 0.736. The molecule has 2 rings (SSSR count). The molecular formula is C14H23NO4S. The summed E-state index contributed by atoms with van der Waals surface area (Å²) < 4.78 is 10.4. The summed E-state index contributed by atoms with van der Waals surface area (Å²) in [5.41, 5.74) is 0. The number of carbonyl (C=O) groups excluding carboxylic acids is 2. The smallest absolute Gasteiger partial charge is 0.318 e. The number of morpholine rings is 1. The molecule has 0 bridgehead atoms. The van der Waals surface area contributed by atoms with Crippen LogP contribution >= 0.6 is 11.8 Å². The van der Waals surface area contributed by atoms with E-state index >= 15 is 0 Å². The zero-order valence-electron chi connectivity index (χ0n) is 12.2. The predicted octanol–water partition coefficient (Wildman–Crippen LogP) is 1.45. The van der Waals surface area contributed by atoms with Crippen LogP contribution in [0.2, 0.25) is 0 Å². The number of nitrogens with zero attached hydrogens (tertiary/aromatic N) is 1. The molecule has 0 spiro atoms. The summed E-state index contributed by atoms with van der Waals surface area (Å²) in [6.07, 6.45) is 4.66. The molecule has 1 amide bonds. The first-order valence-corrected chi connectivity index (χ1v) is 8.29. The number of thioether (sulfide) groups is 1. The largest absolute Gasteiger partial charge is 0.468 e. The van der Waals surface area contributed by atoms with Crippen molar-refractivity contribution in [2.24, 2.45) is 0 Å². The molecule has 0 N–H and O–H groups in total. The van der Waals surface area contributed by atoms with Crippen molar-refractivity contribution in [1.82, 2.24) is 4.90 Å². The van der Waals surface area contributed by atoms with Crippen LogP contribution in [0, 0.1) is 0 Å². The fraction of sp³-hybridized carbons (Fsp3) is 0.857. The third kappa shape index (κ3) is 3.67. The molecule has 0 aromatic heterocycles. The topological polar surface area (TPSA) is 55.8 Å². The van der Waals surface area contributed by atoms with Crippen LogP contribution in [0.15, 0.2) is 0 Å². The fourth-order valence-electron chi connectivity index (χ4n) is 2.92. The molecule has 5 nitrogen and oxygen atoms in total. The summed E-state index contributed by atoms with van der Waals surface area (Å²) >= 11 is 1.34. The number of rotatable bonds is 4. The van der Waals surface area contributed by atoms with Crippen molar-refractivity contribution in [2.45, 2.75) is 50.0 Å². The van der Waals surface area contributed by atoms with E-state index in [1.807, 2.05) is 4.90 Å². The van der Waals surface area contributed by atoms with Crippen molar-refractivity contribution in [2.75, 3.05) is 26.0 Å². The van der Waals surface area contributed by atoms with Gasteiger partial charge >= 0.3 is 5.97 Å². The van der Waals surface area contributed by atoms with Crippen molar-refractivity contribution >= 4 is 23.6 Å². The third-order valence-corrected chi connectivity index (χ3v) is 5.15. The summed E-state index contributed by atoms with van der Waals surface area (Å²) in [6.45, 7) is 3.07. The van der Waals surface area contributed by atoms with E-state index in [2.05, 4.69) is 4.74 Å². The van der Waals surface area contributed by atoms with Crippen LogP contribution in [0.5, 0.6) is 0 Å². The molecule has 1 aliphatic carbocycles. The molecule has 0 radical (unpaired) electrons. The molecule has 3 atom stereocenters. The van der Waals surface area contributed by atoms with E-state index < -0.39 is 0 Å². The van der Waals surface area contributed by atoms with E-state index in [0.29, 0.717) is 18.9 Å². The average molecular weight is 301 g/mol. The molecule has 114 valence electrons. The lowest BCUT2D eigenvalue weighted by molar-refractivity contribution is -0.146. The normalized spacial score (nSPS) is 27.6. The Labute approximate surface area is 124 Å². The Kier molecular flexibility index (Phi) is 5.72. The maximum absolute atomic E-state index is 12.4. The highest BCUT2D eigenvalue weighted by Crippen LogP contribution is 2.29. The van der Waals surface area contributed by atoms with Gasteiger partial charge in [-0.25, -0.2) is 0 Å². The lowest BCUT2D eigenvalue weighted by Gasteiger charge is -2.43. The van der Waals surface area contributed by atoms with Gasteiger partial charge in [0.25, 0.3) is 0 Å². The Morgan fingerprint density at radius 3 is 2.90 bits per heavy atom. The number of ether oxygens (including phenoxy) is 2. The van der Waals surface area contributed by atoms with Gasteiger partial charge in [0.2, 0.25) is 5.91 Å². The molecule has 1 saturated heterocycles. The van der Waals surface area contributed by atoms with Gasteiger partial charge in [0.1, 0.15) is 5.25 Å². The van der Waals surface area contributed by atoms with Crippen LogP contribution in [0.1, 0.15) is 32.6 Å². The summed E-state index contributed by atoms with van der Waals surface area (Å²) in [4.78, 5) is 25.7. The molecular weight excluding hydrogens is 278 g/mol. The minimum Gasteiger partial charge on any atom is -0.468 e. The van der Waals surface area contributed by atoms with Crippen molar-refractivity contribution in [3.63, 3.8) is 0 Å². The van der Waals surface area contributed by atoms with Crippen molar-refractivity contribution in [1.29, 1.82) is 0 Å². The Balaban J connectivity index is 1.86. The average Bonchev–Trinajstić information content (AvgIpc) is 2.50. The first-order chi connectivity index (χ1) is 9.63. The number of hydrogen-bond acceptors (Lipinski definition) is 5. The van der Waals surface area contributed by atoms with Gasteiger partial charge in [0.05, 0.1) is 31.6 Å². The summed E-state index contributed by atoms with van der Waals surface area (Å²) in [6, 6.07) is 0.235. The lowest BCUT2D eigenvalue weighted by Crippen LogP contribution is -2.55. The monoisotopic (exact) mass is 301 g/mol. The first-order valence-electron chi connectivity index (χ1n) is 7.24. The Bertz CT molecular complexity index is 361. The second-order valence-corrected chi connectivity index (χ2v) is 6.65. The number of amides is 1. The standard InChI is InChI=1S/C14H23NO4S/c1-10(14(17)18-2)20-9-13(16)15-7-8-19-12-6-4-3-5-11(12)15/h10-12H,3-9H2,1-2H3/t10-,11+,12+/m0/s1. The van der Waals surface area contributed by atoms with Gasteiger partial charge in [0.15, 0.2) is 0 Å². The van der Waals surface area contributed by atoms with Gasteiger partial charge in [-0.05, 0) is 19.8 Å². The molecule has 0 aromatic rings. The summed E-state index contributed by atoms with van der Waals surface area (Å²) in [7, 11) is 1.37. The zero-order valence-corrected chi connectivity index (χ0v) is 13.0. The van der Waals surface area contributed by atoms with Crippen LogP contribution < -0.4 is 0 Å². The van der Waals surface area contributed by atoms with Crippen LogP contribution in [0.25, 0.3) is 0 Å². The lowest BCUT2D eigenvalue weighted by atomic mass is 9.90. The van der Waals surface area contributed by atoms with Crippen molar-refractivity contribution < 1.29 is 19.1 Å². The molecule has 1 aliphatic heterocycles. The van der Waals surface area contributed by atoms with Gasteiger partial charge in [-0.1, -0.05) is 12.8 Å². The maximum Gasteiger partial charge on any atom is 0.318 e. The minimum atomic E-state index is -0.299. The van der Waals surface area contributed by atoms with Crippen molar-refractivity contribution in [3.05, 3.63) is 0 Å². The van der Waals surface area contributed by atoms with Crippen LogP contribution in [0.3, 0.4) is 0 Å².